The smallest absolute Gasteiger partial charge is 0.133 e. The van der Waals surface area contributed by atoms with Crippen molar-refractivity contribution in [3.63, 3.8) is 0 Å². The molecule has 4 heteroatoms. The number of hydrogen-bond donors (Lipinski definition) is 0. The van der Waals surface area contributed by atoms with Gasteiger partial charge in [-0.1, -0.05) is 30.3 Å². The predicted octanol–water partition coefficient (Wildman–Crippen LogP) is 4.61. The molecule has 0 bridgehead atoms. The van der Waals surface area contributed by atoms with Gasteiger partial charge in [0.2, 0.25) is 0 Å². The van der Waals surface area contributed by atoms with Crippen LogP contribution in [-0.2, 0) is 12.4 Å². The topological polar surface area (TPSA) is 16.1 Å². The van der Waals surface area contributed by atoms with Crippen LogP contribution in [0.3, 0.4) is 0 Å². The molecular weight excluding hydrogens is 324 g/mol. The largest absolute Gasteiger partial charge is 0.352 e. The highest BCUT2D eigenvalue weighted by atomic mass is 79.9. The lowest BCUT2D eigenvalue weighted by molar-refractivity contribution is 0.807. The molecule has 100 valence electrons. The van der Waals surface area contributed by atoms with E-state index >= 15 is 0 Å². The molecule has 0 amide bonds. The van der Waals surface area contributed by atoms with Gasteiger partial charge in [-0.25, -0.2) is 4.98 Å². The molecule has 0 aliphatic carbocycles. The first-order chi connectivity index (χ1) is 9.24. The molecule has 19 heavy (non-hydrogen) atoms. The van der Waals surface area contributed by atoms with E-state index in [0.717, 1.165) is 28.9 Å². The summed E-state index contributed by atoms with van der Waals surface area (Å²) in [5.74, 6) is 1.43. The van der Waals surface area contributed by atoms with Crippen molar-refractivity contribution >= 4 is 33.3 Å². The Labute approximate surface area is 127 Å². The SMILES string of the molecule is CCN(Cc1ccccc1)c1ncc(Br)cc1CCl. The molecule has 0 aliphatic heterocycles. The summed E-state index contributed by atoms with van der Waals surface area (Å²) in [5.41, 5.74) is 2.32. The number of hydrogen-bond acceptors (Lipinski definition) is 2. The van der Waals surface area contributed by atoms with Crippen molar-refractivity contribution in [2.75, 3.05) is 11.4 Å². The first-order valence-corrected chi connectivity index (χ1v) is 7.56. The third-order valence-electron chi connectivity index (χ3n) is 2.95. The minimum Gasteiger partial charge on any atom is -0.352 e. The van der Waals surface area contributed by atoms with Crippen molar-refractivity contribution in [1.29, 1.82) is 0 Å². The molecule has 0 spiro atoms. The molecule has 1 aromatic carbocycles. The molecule has 0 saturated carbocycles. The summed E-state index contributed by atoms with van der Waals surface area (Å²) in [6.45, 7) is 3.87. The van der Waals surface area contributed by atoms with Crippen molar-refractivity contribution < 1.29 is 0 Å². The van der Waals surface area contributed by atoms with Crippen LogP contribution in [0.15, 0.2) is 47.1 Å². The number of nitrogens with zero attached hydrogens (tertiary/aromatic N) is 2. The molecule has 1 heterocycles. The average Bonchev–Trinajstić information content (AvgIpc) is 2.46. The monoisotopic (exact) mass is 338 g/mol. The zero-order chi connectivity index (χ0) is 13.7. The highest BCUT2D eigenvalue weighted by Gasteiger charge is 2.12. The molecule has 0 radical (unpaired) electrons. The van der Waals surface area contributed by atoms with E-state index in [1.54, 1.807) is 0 Å². The zero-order valence-electron chi connectivity index (χ0n) is 10.8. The van der Waals surface area contributed by atoms with Crippen LogP contribution in [0.1, 0.15) is 18.1 Å². The van der Waals surface area contributed by atoms with Gasteiger partial charge in [0.1, 0.15) is 5.82 Å². The molecule has 0 N–H and O–H groups in total. The number of halogens is 2. The Kier molecular flexibility index (Phi) is 5.23. The van der Waals surface area contributed by atoms with Crippen LogP contribution < -0.4 is 4.90 Å². The standard InChI is InChI=1S/C15H16BrClN2/c1-2-19(11-12-6-4-3-5-7-12)15-13(9-17)8-14(16)10-18-15/h3-8,10H,2,9,11H2,1H3. The van der Waals surface area contributed by atoms with Gasteiger partial charge in [-0.15, -0.1) is 11.6 Å². The minimum absolute atomic E-state index is 0.465. The van der Waals surface area contributed by atoms with E-state index in [-0.39, 0.29) is 0 Å². The number of anilines is 1. The summed E-state index contributed by atoms with van der Waals surface area (Å²) < 4.78 is 0.961. The Bertz CT molecular complexity index is 531. The Balaban J connectivity index is 2.27. The highest BCUT2D eigenvalue weighted by molar-refractivity contribution is 9.10. The van der Waals surface area contributed by atoms with Gasteiger partial charge >= 0.3 is 0 Å². The maximum absolute atomic E-state index is 6.02. The van der Waals surface area contributed by atoms with Gasteiger partial charge in [0, 0.05) is 29.3 Å². The molecule has 2 nitrogen and oxygen atoms in total. The predicted molar refractivity (Wildman–Crippen MR) is 84.7 cm³/mol. The molecule has 0 fully saturated rings. The maximum Gasteiger partial charge on any atom is 0.133 e. The number of aromatic nitrogens is 1. The van der Waals surface area contributed by atoms with E-state index in [0.29, 0.717) is 5.88 Å². The van der Waals surface area contributed by atoms with Crippen LogP contribution in [0, 0.1) is 0 Å². The van der Waals surface area contributed by atoms with Crippen LogP contribution in [-0.4, -0.2) is 11.5 Å². The first-order valence-electron chi connectivity index (χ1n) is 6.24. The van der Waals surface area contributed by atoms with Crippen molar-refractivity contribution in [1.82, 2.24) is 4.98 Å². The van der Waals surface area contributed by atoms with Crippen molar-refractivity contribution in [3.8, 4) is 0 Å². The second-order valence-electron chi connectivity index (χ2n) is 4.27. The van der Waals surface area contributed by atoms with Crippen molar-refractivity contribution in [3.05, 3.63) is 58.2 Å². The lowest BCUT2D eigenvalue weighted by Gasteiger charge is -2.24. The van der Waals surface area contributed by atoms with Gasteiger partial charge < -0.3 is 4.90 Å². The van der Waals surface area contributed by atoms with E-state index < -0.39 is 0 Å². The summed E-state index contributed by atoms with van der Waals surface area (Å²) in [7, 11) is 0. The van der Waals surface area contributed by atoms with Gasteiger partial charge in [0.15, 0.2) is 0 Å². The first kappa shape index (κ1) is 14.4. The normalized spacial score (nSPS) is 10.5. The lowest BCUT2D eigenvalue weighted by Crippen LogP contribution is -2.24. The molecule has 0 saturated heterocycles. The van der Waals surface area contributed by atoms with Crippen LogP contribution in [0.25, 0.3) is 0 Å². The van der Waals surface area contributed by atoms with Gasteiger partial charge in [-0.05, 0) is 34.5 Å². The Morgan fingerprint density at radius 1 is 1.26 bits per heavy atom. The van der Waals surface area contributed by atoms with Gasteiger partial charge in [-0.3, -0.25) is 0 Å². The fraction of sp³-hybridized carbons (Fsp3) is 0.267. The molecule has 0 atom stereocenters. The third kappa shape index (κ3) is 3.71. The second kappa shape index (κ2) is 6.92. The Morgan fingerprint density at radius 2 is 2.00 bits per heavy atom. The van der Waals surface area contributed by atoms with Crippen LogP contribution in [0.5, 0.6) is 0 Å². The average molecular weight is 340 g/mol. The summed E-state index contributed by atoms with van der Waals surface area (Å²) in [5, 5.41) is 0. The number of benzene rings is 1. The molecular formula is C15H16BrClN2. The Hall–Kier alpha value is -1.06. The molecule has 2 aromatic rings. The zero-order valence-corrected chi connectivity index (χ0v) is 13.2. The lowest BCUT2D eigenvalue weighted by atomic mass is 10.2. The van der Waals surface area contributed by atoms with E-state index in [2.05, 4.69) is 57.0 Å². The van der Waals surface area contributed by atoms with E-state index in [9.17, 15) is 0 Å². The summed E-state index contributed by atoms with van der Waals surface area (Å²) in [6, 6.07) is 12.4. The number of alkyl halides is 1. The van der Waals surface area contributed by atoms with Crippen LogP contribution in [0.2, 0.25) is 0 Å². The fourth-order valence-corrected chi connectivity index (χ4v) is 2.57. The minimum atomic E-state index is 0.465. The summed E-state index contributed by atoms with van der Waals surface area (Å²) in [6.07, 6.45) is 1.82. The van der Waals surface area contributed by atoms with Gasteiger partial charge in [0.05, 0.1) is 5.88 Å². The van der Waals surface area contributed by atoms with Crippen molar-refractivity contribution in [2.45, 2.75) is 19.3 Å². The fourth-order valence-electron chi connectivity index (χ4n) is 2.00. The molecule has 0 unspecified atom stereocenters. The van der Waals surface area contributed by atoms with E-state index in [4.69, 9.17) is 11.6 Å². The third-order valence-corrected chi connectivity index (χ3v) is 3.67. The number of pyridine rings is 1. The molecule has 2 rings (SSSR count). The summed E-state index contributed by atoms with van der Waals surface area (Å²) >= 11 is 9.46. The van der Waals surface area contributed by atoms with E-state index in [1.807, 2.05) is 18.3 Å². The van der Waals surface area contributed by atoms with Crippen molar-refractivity contribution in [2.24, 2.45) is 0 Å². The molecule has 1 aromatic heterocycles. The highest BCUT2D eigenvalue weighted by Crippen LogP contribution is 2.24. The quantitative estimate of drug-likeness (QED) is 0.740. The van der Waals surface area contributed by atoms with Crippen LogP contribution >= 0.6 is 27.5 Å². The maximum atomic E-state index is 6.02. The van der Waals surface area contributed by atoms with Crippen LogP contribution in [0.4, 0.5) is 5.82 Å². The van der Waals surface area contributed by atoms with Gasteiger partial charge in [0.25, 0.3) is 0 Å². The summed E-state index contributed by atoms with van der Waals surface area (Å²) in [4.78, 5) is 6.75. The van der Waals surface area contributed by atoms with Gasteiger partial charge in [-0.2, -0.15) is 0 Å². The second-order valence-corrected chi connectivity index (χ2v) is 5.45. The van der Waals surface area contributed by atoms with E-state index in [1.165, 1.54) is 5.56 Å². The molecule has 0 aliphatic rings. The number of rotatable bonds is 5. The Morgan fingerprint density at radius 3 is 2.63 bits per heavy atom.